The van der Waals surface area contributed by atoms with Gasteiger partial charge in [0.05, 0.1) is 21.2 Å². The van der Waals surface area contributed by atoms with Crippen LogP contribution in [0, 0.1) is 10.1 Å². The van der Waals surface area contributed by atoms with Gasteiger partial charge in [-0.1, -0.05) is 0 Å². The number of hydrogen-bond donors (Lipinski definition) is 1. The van der Waals surface area contributed by atoms with Crippen molar-refractivity contribution in [1.29, 1.82) is 0 Å². The fourth-order valence-corrected chi connectivity index (χ4v) is 2.33. The van der Waals surface area contributed by atoms with E-state index in [1.54, 1.807) is 0 Å². The molecule has 0 spiro atoms. The highest BCUT2D eigenvalue weighted by molar-refractivity contribution is 9.10. The number of nitrogens with zero attached hydrogens (tertiary/aromatic N) is 1. The second-order valence-electron chi connectivity index (χ2n) is 3.49. The van der Waals surface area contributed by atoms with Crippen molar-refractivity contribution in [3.8, 4) is 0 Å². The van der Waals surface area contributed by atoms with Gasteiger partial charge in [0, 0.05) is 11.8 Å². The van der Waals surface area contributed by atoms with Crippen LogP contribution in [0.2, 0.25) is 0 Å². The molecular weight excluding hydrogens is 384 g/mol. The monoisotopic (exact) mass is 388 g/mol. The summed E-state index contributed by atoms with van der Waals surface area (Å²) >= 11 is 6.18. The third kappa shape index (κ3) is 3.02. The number of benzene rings is 1. The van der Waals surface area contributed by atoms with Crippen molar-refractivity contribution in [2.24, 2.45) is 0 Å². The first-order valence-corrected chi connectivity index (χ1v) is 6.56. The minimum absolute atomic E-state index is 0.0671. The lowest BCUT2D eigenvalue weighted by Gasteiger charge is -2.04. The number of amides is 1. The average molecular weight is 390 g/mol. The van der Waals surface area contributed by atoms with Gasteiger partial charge in [-0.2, -0.15) is 0 Å². The normalized spacial score (nSPS) is 10.2. The van der Waals surface area contributed by atoms with Gasteiger partial charge in [0.1, 0.15) is 0 Å². The summed E-state index contributed by atoms with van der Waals surface area (Å²) in [5.41, 5.74) is 0.715. The van der Waals surface area contributed by atoms with E-state index in [4.69, 9.17) is 4.42 Å². The molecular formula is C11H6Br2N2O4. The Morgan fingerprint density at radius 2 is 2.05 bits per heavy atom. The van der Waals surface area contributed by atoms with Crippen molar-refractivity contribution in [2.45, 2.75) is 0 Å². The van der Waals surface area contributed by atoms with Crippen molar-refractivity contribution < 1.29 is 14.1 Å². The van der Waals surface area contributed by atoms with Crippen molar-refractivity contribution >= 4 is 49.1 Å². The van der Waals surface area contributed by atoms with Crippen LogP contribution in [0.4, 0.5) is 11.4 Å². The van der Waals surface area contributed by atoms with Gasteiger partial charge in [0.25, 0.3) is 11.6 Å². The summed E-state index contributed by atoms with van der Waals surface area (Å²) in [5, 5.41) is 13.3. The number of carbonyl (C=O) groups is 1. The summed E-state index contributed by atoms with van der Waals surface area (Å²) in [5.74, 6) is -0.374. The number of furan rings is 1. The van der Waals surface area contributed by atoms with Crippen molar-refractivity contribution in [2.75, 3.05) is 5.32 Å². The van der Waals surface area contributed by atoms with Gasteiger partial charge < -0.3 is 9.73 Å². The molecule has 1 aromatic carbocycles. The van der Waals surface area contributed by atoms with Crippen LogP contribution in [0.5, 0.6) is 0 Å². The molecule has 2 aromatic rings. The molecule has 0 saturated heterocycles. The van der Waals surface area contributed by atoms with Gasteiger partial charge >= 0.3 is 0 Å². The molecule has 6 nitrogen and oxygen atoms in total. The van der Waals surface area contributed by atoms with Gasteiger partial charge in [0.15, 0.2) is 4.67 Å². The van der Waals surface area contributed by atoms with E-state index in [1.165, 1.54) is 30.5 Å². The highest BCUT2D eigenvalue weighted by atomic mass is 79.9. The highest BCUT2D eigenvalue weighted by Gasteiger charge is 2.15. The Hall–Kier alpha value is -1.67. The predicted molar refractivity (Wildman–Crippen MR) is 75.2 cm³/mol. The SMILES string of the molecule is O=C(Nc1ccc([N+](=O)[O-])c(Br)c1)c1ccoc1Br. The molecule has 8 heteroatoms. The molecule has 0 bridgehead atoms. The van der Waals surface area contributed by atoms with Gasteiger partial charge in [-0.3, -0.25) is 14.9 Å². The first kappa shape index (κ1) is 13.8. The second-order valence-corrected chi connectivity index (χ2v) is 5.06. The lowest BCUT2D eigenvalue weighted by Crippen LogP contribution is -2.11. The van der Waals surface area contributed by atoms with E-state index >= 15 is 0 Å². The van der Waals surface area contributed by atoms with E-state index < -0.39 is 4.92 Å². The summed E-state index contributed by atoms with van der Waals surface area (Å²) < 4.78 is 5.57. The first-order valence-electron chi connectivity index (χ1n) is 4.97. The van der Waals surface area contributed by atoms with Crippen LogP contribution in [0.25, 0.3) is 0 Å². The number of nitro benzene ring substituents is 1. The molecule has 0 aliphatic rings. The lowest BCUT2D eigenvalue weighted by atomic mass is 10.2. The molecule has 1 heterocycles. The molecule has 0 atom stereocenters. The predicted octanol–water partition coefficient (Wildman–Crippen LogP) is 3.97. The summed E-state index contributed by atoms with van der Waals surface area (Å²) in [6.07, 6.45) is 1.38. The fraction of sp³-hybridized carbons (Fsp3) is 0. The molecule has 19 heavy (non-hydrogen) atoms. The van der Waals surface area contributed by atoms with Crippen LogP contribution in [0.15, 0.2) is 44.1 Å². The first-order chi connectivity index (χ1) is 8.99. The molecule has 98 valence electrons. The topological polar surface area (TPSA) is 85.4 Å². The minimum atomic E-state index is -0.512. The van der Waals surface area contributed by atoms with Crippen LogP contribution in [0.1, 0.15) is 10.4 Å². The molecule has 1 N–H and O–H groups in total. The van der Waals surface area contributed by atoms with E-state index in [9.17, 15) is 14.9 Å². The molecule has 0 aliphatic heterocycles. The van der Waals surface area contributed by atoms with E-state index in [1.807, 2.05) is 0 Å². The smallest absolute Gasteiger partial charge is 0.283 e. The zero-order valence-electron chi connectivity index (χ0n) is 9.22. The maximum Gasteiger partial charge on any atom is 0.283 e. The quantitative estimate of drug-likeness (QED) is 0.635. The molecule has 0 unspecified atom stereocenters. The van der Waals surface area contributed by atoms with Crippen molar-refractivity contribution in [3.05, 3.63) is 55.3 Å². The summed E-state index contributed by atoms with van der Waals surface area (Å²) in [7, 11) is 0. The average Bonchev–Trinajstić information content (AvgIpc) is 2.75. The number of rotatable bonds is 3. The van der Waals surface area contributed by atoms with Crippen LogP contribution >= 0.6 is 31.9 Å². The maximum atomic E-state index is 11.9. The lowest BCUT2D eigenvalue weighted by molar-refractivity contribution is -0.385. The Bertz CT molecular complexity index is 654. The van der Waals surface area contributed by atoms with E-state index in [0.717, 1.165) is 0 Å². The minimum Gasteiger partial charge on any atom is -0.457 e. The maximum absolute atomic E-state index is 11.9. The number of nitrogens with one attached hydrogen (secondary N) is 1. The number of anilines is 1. The Balaban J connectivity index is 2.21. The van der Waals surface area contributed by atoms with E-state index in [-0.39, 0.29) is 11.6 Å². The number of carbonyl (C=O) groups excluding carboxylic acids is 1. The van der Waals surface area contributed by atoms with Crippen LogP contribution < -0.4 is 5.32 Å². The van der Waals surface area contributed by atoms with Gasteiger partial charge in [0.2, 0.25) is 0 Å². The molecule has 0 aliphatic carbocycles. The molecule has 0 radical (unpaired) electrons. The Kier molecular flexibility index (Phi) is 4.01. The van der Waals surface area contributed by atoms with Gasteiger partial charge in [-0.25, -0.2) is 0 Å². The summed E-state index contributed by atoms with van der Waals surface area (Å²) in [4.78, 5) is 22.0. The second kappa shape index (κ2) is 5.54. The van der Waals surface area contributed by atoms with Crippen molar-refractivity contribution in [1.82, 2.24) is 0 Å². The third-order valence-corrected chi connectivity index (χ3v) is 3.51. The van der Waals surface area contributed by atoms with Crippen LogP contribution in [-0.2, 0) is 0 Å². The standard InChI is InChI=1S/C11H6Br2N2O4/c12-8-5-6(1-2-9(8)15(17)18)14-11(16)7-3-4-19-10(7)13/h1-5H,(H,14,16). The van der Waals surface area contributed by atoms with Crippen molar-refractivity contribution in [3.63, 3.8) is 0 Å². The zero-order valence-corrected chi connectivity index (χ0v) is 12.4. The summed E-state index contributed by atoms with van der Waals surface area (Å²) in [6, 6.07) is 5.74. The van der Waals surface area contributed by atoms with Gasteiger partial charge in [-0.05, 0) is 50.1 Å². The fourth-order valence-electron chi connectivity index (χ4n) is 1.39. The Labute approximate surface area is 124 Å². The van der Waals surface area contributed by atoms with E-state index in [0.29, 0.717) is 20.4 Å². The molecule has 2 rings (SSSR count). The van der Waals surface area contributed by atoms with E-state index in [2.05, 4.69) is 37.2 Å². The largest absolute Gasteiger partial charge is 0.457 e. The van der Waals surface area contributed by atoms with Crippen LogP contribution in [0.3, 0.4) is 0 Å². The molecule has 1 amide bonds. The Morgan fingerprint density at radius 3 is 2.58 bits per heavy atom. The van der Waals surface area contributed by atoms with Gasteiger partial charge in [-0.15, -0.1) is 0 Å². The Morgan fingerprint density at radius 1 is 1.32 bits per heavy atom. The zero-order chi connectivity index (χ0) is 14.0. The molecule has 1 aromatic heterocycles. The number of nitro groups is 1. The number of halogens is 2. The summed E-state index contributed by atoms with van der Waals surface area (Å²) in [6.45, 7) is 0. The highest BCUT2D eigenvalue weighted by Crippen LogP contribution is 2.28. The van der Waals surface area contributed by atoms with Crippen LogP contribution in [-0.4, -0.2) is 10.8 Å². The third-order valence-electron chi connectivity index (χ3n) is 2.26. The molecule has 0 saturated carbocycles. The molecule has 0 fully saturated rings. The number of hydrogen-bond acceptors (Lipinski definition) is 4.